The van der Waals surface area contributed by atoms with E-state index in [9.17, 15) is 9.59 Å². The van der Waals surface area contributed by atoms with Crippen molar-refractivity contribution in [1.29, 1.82) is 0 Å². The lowest BCUT2D eigenvalue weighted by atomic mass is 9.93. The summed E-state index contributed by atoms with van der Waals surface area (Å²) in [7, 11) is 1.99. The molecule has 0 bridgehead atoms. The predicted octanol–water partition coefficient (Wildman–Crippen LogP) is 5.14. The van der Waals surface area contributed by atoms with E-state index in [-0.39, 0.29) is 24.4 Å². The Labute approximate surface area is 191 Å². The van der Waals surface area contributed by atoms with E-state index in [1.54, 1.807) is 24.3 Å². The summed E-state index contributed by atoms with van der Waals surface area (Å²) in [5.41, 5.74) is 1.67. The molecule has 2 amide bonds. The van der Waals surface area contributed by atoms with Crippen molar-refractivity contribution < 1.29 is 9.59 Å². The number of nitrogens with zero attached hydrogens (tertiary/aromatic N) is 3. The predicted molar refractivity (Wildman–Crippen MR) is 125 cm³/mol. The van der Waals surface area contributed by atoms with Gasteiger partial charge < -0.3 is 14.4 Å². The highest BCUT2D eigenvalue weighted by atomic mass is 35.5. The Morgan fingerprint density at radius 2 is 1.77 bits per heavy atom. The minimum atomic E-state index is -0.0831. The zero-order valence-electron chi connectivity index (χ0n) is 18.9. The average molecular weight is 444 g/mol. The van der Waals surface area contributed by atoms with Crippen LogP contribution in [0.25, 0.3) is 0 Å². The van der Waals surface area contributed by atoms with Gasteiger partial charge in [-0.25, -0.2) is 0 Å². The molecular weight excluding hydrogens is 410 g/mol. The maximum Gasteiger partial charge on any atom is 0.254 e. The number of hydrogen-bond donors (Lipinski definition) is 0. The Bertz CT molecular complexity index is 869. The van der Waals surface area contributed by atoms with Crippen LogP contribution in [0.2, 0.25) is 5.02 Å². The van der Waals surface area contributed by atoms with Gasteiger partial charge in [-0.1, -0.05) is 44.7 Å². The van der Waals surface area contributed by atoms with Crippen LogP contribution in [0.5, 0.6) is 0 Å². The SMILES string of the molecule is CC(C)CN(Cc1cccn1C)C(=O)CN(C(=O)c1ccc(Cl)cc1)C1CCCCC1. The van der Waals surface area contributed by atoms with Crippen LogP contribution in [0.15, 0.2) is 42.6 Å². The van der Waals surface area contributed by atoms with E-state index in [0.29, 0.717) is 29.6 Å². The molecule has 1 saturated carbocycles. The number of hydrogen-bond acceptors (Lipinski definition) is 2. The highest BCUT2D eigenvalue weighted by Crippen LogP contribution is 2.25. The van der Waals surface area contributed by atoms with Crippen molar-refractivity contribution in [3.63, 3.8) is 0 Å². The van der Waals surface area contributed by atoms with Gasteiger partial charge in [0.15, 0.2) is 0 Å². The minimum absolute atomic E-state index is 0.00258. The molecule has 3 rings (SSSR count). The van der Waals surface area contributed by atoms with Crippen LogP contribution in [-0.4, -0.2) is 45.3 Å². The van der Waals surface area contributed by atoms with Crippen molar-refractivity contribution in [2.75, 3.05) is 13.1 Å². The molecule has 1 fully saturated rings. The molecule has 0 unspecified atom stereocenters. The minimum Gasteiger partial charge on any atom is -0.353 e. The largest absolute Gasteiger partial charge is 0.353 e. The van der Waals surface area contributed by atoms with Gasteiger partial charge >= 0.3 is 0 Å². The highest BCUT2D eigenvalue weighted by molar-refractivity contribution is 6.30. The molecule has 1 aliphatic rings. The van der Waals surface area contributed by atoms with Crippen molar-refractivity contribution in [2.45, 2.75) is 58.5 Å². The van der Waals surface area contributed by atoms with E-state index < -0.39 is 0 Å². The summed E-state index contributed by atoms with van der Waals surface area (Å²) in [4.78, 5) is 30.6. The van der Waals surface area contributed by atoms with Crippen LogP contribution >= 0.6 is 11.6 Å². The first-order chi connectivity index (χ1) is 14.8. The smallest absolute Gasteiger partial charge is 0.254 e. The third kappa shape index (κ3) is 6.36. The van der Waals surface area contributed by atoms with E-state index in [4.69, 9.17) is 11.6 Å². The molecule has 2 aromatic rings. The van der Waals surface area contributed by atoms with Gasteiger partial charge in [0.1, 0.15) is 6.54 Å². The summed E-state index contributed by atoms with van der Waals surface area (Å²) in [5.74, 6) is 0.266. The molecule has 0 aliphatic heterocycles. The van der Waals surface area contributed by atoms with Crippen molar-refractivity contribution in [3.8, 4) is 0 Å². The van der Waals surface area contributed by atoms with E-state index in [1.807, 2.05) is 39.7 Å². The second kappa shape index (κ2) is 10.9. The number of rotatable bonds is 8. The molecule has 0 saturated heterocycles. The zero-order chi connectivity index (χ0) is 22.4. The van der Waals surface area contributed by atoms with Crippen molar-refractivity contribution >= 4 is 23.4 Å². The Morgan fingerprint density at radius 1 is 1.10 bits per heavy atom. The van der Waals surface area contributed by atoms with Crippen LogP contribution in [0, 0.1) is 5.92 Å². The van der Waals surface area contributed by atoms with Crippen LogP contribution in [0.4, 0.5) is 0 Å². The molecule has 6 heteroatoms. The Morgan fingerprint density at radius 3 is 2.35 bits per heavy atom. The number of halogens is 1. The van der Waals surface area contributed by atoms with E-state index >= 15 is 0 Å². The van der Waals surface area contributed by atoms with Crippen molar-refractivity contribution in [3.05, 3.63) is 58.9 Å². The lowest BCUT2D eigenvalue weighted by Crippen LogP contribution is -2.48. The van der Waals surface area contributed by atoms with E-state index in [2.05, 4.69) is 13.8 Å². The lowest BCUT2D eigenvalue weighted by Gasteiger charge is -2.36. The first kappa shape index (κ1) is 23.4. The molecule has 168 valence electrons. The van der Waals surface area contributed by atoms with Gasteiger partial charge in [-0.3, -0.25) is 9.59 Å². The monoisotopic (exact) mass is 443 g/mol. The van der Waals surface area contributed by atoms with Gasteiger partial charge in [-0.05, 0) is 55.2 Å². The summed E-state index contributed by atoms with van der Waals surface area (Å²) < 4.78 is 2.04. The van der Waals surface area contributed by atoms with Gasteiger partial charge in [-0.15, -0.1) is 0 Å². The summed E-state index contributed by atoms with van der Waals surface area (Å²) in [6.45, 7) is 5.56. The Hall–Kier alpha value is -2.27. The number of carbonyl (C=O) groups is 2. The van der Waals surface area contributed by atoms with Crippen molar-refractivity contribution in [1.82, 2.24) is 14.4 Å². The first-order valence-electron chi connectivity index (χ1n) is 11.3. The summed E-state index contributed by atoms with van der Waals surface area (Å²) in [6.07, 6.45) is 7.29. The van der Waals surface area contributed by atoms with Crippen molar-refractivity contribution in [2.24, 2.45) is 13.0 Å². The molecule has 1 aliphatic carbocycles. The topological polar surface area (TPSA) is 45.6 Å². The van der Waals surface area contributed by atoms with Gasteiger partial charge in [0.25, 0.3) is 5.91 Å². The number of aromatic nitrogens is 1. The standard InChI is InChI=1S/C25H34ClN3O2/c1-19(2)16-28(17-23-10-7-15-27(23)3)24(30)18-29(22-8-5-4-6-9-22)25(31)20-11-13-21(26)14-12-20/h7,10-15,19,22H,4-6,8-9,16-18H2,1-3H3. The lowest BCUT2D eigenvalue weighted by molar-refractivity contribution is -0.133. The van der Waals surface area contributed by atoms with E-state index in [0.717, 1.165) is 31.4 Å². The van der Waals surface area contributed by atoms with E-state index in [1.165, 1.54) is 6.42 Å². The Kier molecular flexibility index (Phi) is 8.19. The molecule has 1 aromatic carbocycles. The molecule has 1 heterocycles. The van der Waals surface area contributed by atoms with Crippen LogP contribution in [0.3, 0.4) is 0 Å². The van der Waals surface area contributed by atoms with Gasteiger partial charge in [0.2, 0.25) is 5.91 Å². The Balaban J connectivity index is 1.81. The fraction of sp³-hybridized carbons (Fsp3) is 0.520. The average Bonchev–Trinajstić information content (AvgIpc) is 3.16. The maximum absolute atomic E-state index is 13.5. The molecule has 31 heavy (non-hydrogen) atoms. The number of amides is 2. The van der Waals surface area contributed by atoms with Crippen LogP contribution < -0.4 is 0 Å². The number of carbonyl (C=O) groups excluding carboxylic acids is 2. The van der Waals surface area contributed by atoms with Crippen LogP contribution in [0.1, 0.15) is 62.0 Å². The molecule has 1 aromatic heterocycles. The molecule has 0 spiro atoms. The van der Waals surface area contributed by atoms with Gasteiger partial charge in [-0.2, -0.15) is 0 Å². The maximum atomic E-state index is 13.5. The molecule has 0 atom stereocenters. The molecule has 0 radical (unpaired) electrons. The van der Waals surface area contributed by atoms with Gasteiger partial charge in [0.05, 0.1) is 6.54 Å². The highest BCUT2D eigenvalue weighted by Gasteiger charge is 2.30. The summed E-state index contributed by atoms with van der Waals surface area (Å²) in [6, 6.07) is 11.1. The second-order valence-electron chi connectivity index (χ2n) is 9.01. The summed E-state index contributed by atoms with van der Waals surface area (Å²) in [5, 5.41) is 0.600. The quantitative estimate of drug-likeness (QED) is 0.567. The fourth-order valence-electron chi connectivity index (χ4n) is 4.32. The molecular formula is C25H34ClN3O2. The summed E-state index contributed by atoms with van der Waals surface area (Å²) >= 11 is 6.01. The third-order valence-electron chi connectivity index (χ3n) is 6.02. The first-order valence-corrected chi connectivity index (χ1v) is 11.7. The second-order valence-corrected chi connectivity index (χ2v) is 9.45. The fourth-order valence-corrected chi connectivity index (χ4v) is 4.44. The number of benzene rings is 1. The third-order valence-corrected chi connectivity index (χ3v) is 6.27. The zero-order valence-corrected chi connectivity index (χ0v) is 19.6. The normalized spacial score (nSPS) is 14.6. The van der Waals surface area contributed by atoms with Crippen LogP contribution in [-0.2, 0) is 18.4 Å². The number of aryl methyl sites for hydroxylation is 1. The molecule has 5 nitrogen and oxygen atoms in total. The van der Waals surface area contributed by atoms with Gasteiger partial charge in [0, 0.05) is 42.1 Å². The molecule has 0 N–H and O–H groups in total.